The first-order chi connectivity index (χ1) is 8.93. The van der Waals surface area contributed by atoms with Gasteiger partial charge in [-0.05, 0) is 37.8 Å². The monoisotopic (exact) mass is 264 g/mol. The average molecular weight is 264 g/mol. The maximum Gasteiger partial charge on any atom is 0.323 e. The average Bonchev–Trinajstić information content (AvgIpc) is 2.39. The van der Waals surface area contributed by atoms with Gasteiger partial charge in [0.05, 0.1) is 6.61 Å². The highest BCUT2D eigenvalue weighted by atomic mass is 16.5. The van der Waals surface area contributed by atoms with Gasteiger partial charge in [-0.25, -0.2) is 0 Å². The van der Waals surface area contributed by atoms with Crippen LogP contribution in [0.25, 0.3) is 0 Å². The highest BCUT2D eigenvalue weighted by Crippen LogP contribution is 2.25. The predicted molar refractivity (Wildman–Crippen MR) is 71.9 cm³/mol. The van der Waals surface area contributed by atoms with Crippen LogP contribution in [0, 0.1) is 5.41 Å². The maximum atomic E-state index is 11.8. The Morgan fingerprint density at radius 3 is 2.11 bits per heavy atom. The number of carboxylic acids is 1. The highest BCUT2D eigenvalue weighted by molar-refractivity contribution is 5.99. The summed E-state index contributed by atoms with van der Waals surface area (Å²) in [5.41, 5.74) is 0.455. The molecule has 0 aliphatic rings. The predicted octanol–water partition coefficient (Wildman–Crippen LogP) is 2.45. The Labute approximate surface area is 113 Å². The number of carbonyl (C=O) groups is 2. The van der Waals surface area contributed by atoms with E-state index in [-0.39, 0.29) is 13.0 Å². The van der Waals surface area contributed by atoms with Gasteiger partial charge >= 0.3 is 11.9 Å². The zero-order valence-electron chi connectivity index (χ0n) is 11.6. The van der Waals surface area contributed by atoms with E-state index in [1.165, 1.54) is 12.5 Å². The summed E-state index contributed by atoms with van der Waals surface area (Å²) in [6.07, 6.45) is 1.06. The number of benzene rings is 1. The number of esters is 1. The molecule has 0 heterocycles. The van der Waals surface area contributed by atoms with Crippen molar-refractivity contribution < 1.29 is 19.4 Å². The van der Waals surface area contributed by atoms with Crippen LogP contribution in [-0.2, 0) is 27.2 Å². The van der Waals surface area contributed by atoms with E-state index in [1.807, 2.05) is 24.3 Å². The van der Waals surface area contributed by atoms with E-state index in [9.17, 15) is 14.7 Å². The zero-order chi connectivity index (χ0) is 14.5. The van der Waals surface area contributed by atoms with Crippen molar-refractivity contribution in [2.75, 3.05) is 6.61 Å². The molecule has 1 aromatic rings. The Balaban J connectivity index is 2.94. The minimum Gasteiger partial charge on any atom is -0.480 e. The second-order valence-electron chi connectivity index (χ2n) is 4.70. The lowest BCUT2D eigenvalue weighted by Crippen LogP contribution is -2.40. The summed E-state index contributed by atoms with van der Waals surface area (Å²) in [6.45, 7) is 5.29. The van der Waals surface area contributed by atoms with E-state index in [2.05, 4.69) is 6.92 Å². The Morgan fingerprint density at radius 2 is 1.68 bits per heavy atom. The van der Waals surface area contributed by atoms with Crippen LogP contribution in [-0.4, -0.2) is 23.7 Å². The first-order valence-electron chi connectivity index (χ1n) is 6.42. The third kappa shape index (κ3) is 3.56. The van der Waals surface area contributed by atoms with Gasteiger partial charge in [0.25, 0.3) is 0 Å². The Morgan fingerprint density at radius 1 is 1.16 bits per heavy atom. The van der Waals surface area contributed by atoms with Crippen molar-refractivity contribution in [2.24, 2.45) is 5.41 Å². The van der Waals surface area contributed by atoms with Crippen molar-refractivity contribution >= 4 is 11.9 Å². The van der Waals surface area contributed by atoms with Crippen LogP contribution in [0.1, 0.15) is 31.9 Å². The molecule has 0 aromatic heterocycles. The van der Waals surface area contributed by atoms with Crippen LogP contribution in [0.4, 0.5) is 0 Å². The van der Waals surface area contributed by atoms with E-state index in [1.54, 1.807) is 6.92 Å². The summed E-state index contributed by atoms with van der Waals surface area (Å²) in [5, 5.41) is 9.29. The molecule has 0 saturated carbocycles. The summed E-state index contributed by atoms with van der Waals surface area (Å²) in [7, 11) is 0. The highest BCUT2D eigenvalue weighted by Gasteiger charge is 2.42. The maximum absolute atomic E-state index is 11.8. The normalized spacial score (nSPS) is 13.6. The van der Waals surface area contributed by atoms with Crippen LogP contribution in [0.3, 0.4) is 0 Å². The van der Waals surface area contributed by atoms with E-state index in [0.717, 1.165) is 12.0 Å². The molecule has 1 rings (SSSR count). The first-order valence-corrected chi connectivity index (χ1v) is 6.42. The van der Waals surface area contributed by atoms with Crippen molar-refractivity contribution in [3.05, 3.63) is 35.4 Å². The number of carbonyl (C=O) groups excluding carboxylic acids is 1. The lowest BCUT2D eigenvalue weighted by atomic mass is 9.83. The molecule has 1 aromatic carbocycles. The van der Waals surface area contributed by atoms with Gasteiger partial charge in [-0.2, -0.15) is 0 Å². The molecule has 0 radical (unpaired) electrons. The third-order valence-corrected chi connectivity index (χ3v) is 3.19. The van der Waals surface area contributed by atoms with Crippen molar-refractivity contribution in [1.29, 1.82) is 0 Å². The summed E-state index contributed by atoms with van der Waals surface area (Å²) < 4.78 is 4.87. The van der Waals surface area contributed by atoms with Crippen molar-refractivity contribution in [3.63, 3.8) is 0 Å². The smallest absolute Gasteiger partial charge is 0.323 e. The van der Waals surface area contributed by atoms with E-state index in [0.29, 0.717) is 0 Å². The van der Waals surface area contributed by atoms with E-state index in [4.69, 9.17) is 4.74 Å². The first kappa shape index (κ1) is 15.2. The Bertz CT molecular complexity index is 450. The lowest BCUT2D eigenvalue weighted by molar-refractivity contribution is -0.167. The molecular weight excluding hydrogens is 244 g/mol. The molecule has 0 aliphatic heterocycles. The van der Waals surface area contributed by atoms with E-state index >= 15 is 0 Å². The fourth-order valence-corrected chi connectivity index (χ4v) is 1.83. The summed E-state index contributed by atoms with van der Waals surface area (Å²) in [5.74, 6) is -1.85. The van der Waals surface area contributed by atoms with Gasteiger partial charge in [0.1, 0.15) is 0 Å². The molecule has 0 aliphatic carbocycles. The van der Waals surface area contributed by atoms with Crippen LogP contribution in [0.2, 0.25) is 0 Å². The number of carboxylic acid groups (broad SMARTS) is 1. The molecule has 1 unspecified atom stereocenters. The van der Waals surface area contributed by atoms with Crippen LogP contribution in [0.15, 0.2) is 24.3 Å². The number of hydrogen-bond donors (Lipinski definition) is 1. The fraction of sp³-hybridized carbons (Fsp3) is 0.467. The molecule has 0 fully saturated rings. The summed E-state index contributed by atoms with van der Waals surface area (Å²) >= 11 is 0. The lowest BCUT2D eigenvalue weighted by Gasteiger charge is -2.22. The van der Waals surface area contributed by atoms with Gasteiger partial charge in [-0.1, -0.05) is 31.2 Å². The second-order valence-corrected chi connectivity index (χ2v) is 4.70. The SMILES string of the molecule is CCOC(=O)C(C)(Cc1ccc(CC)cc1)C(=O)O. The zero-order valence-corrected chi connectivity index (χ0v) is 11.6. The quantitative estimate of drug-likeness (QED) is 0.633. The molecule has 0 bridgehead atoms. The topological polar surface area (TPSA) is 63.6 Å². The van der Waals surface area contributed by atoms with Gasteiger partial charge in [0.15, 0.2) is 5.41 Å². The Kier molecular flexibility index (Phi) is 5.10. The van der Waals surface area contributed by atoms with Crippen LogP contribution < -0.4 is 0 Å². The molecule has 19 heavy (non-hydrogen) atoms. The molecular formula is C15H20O4. The molecule has 0 saturated heterocycles. The van der Waals surface area contributed by atoms with Crippen LogP contribution >= 0.6 is 0 Å². The van der Waals surface area contributed by atoms with Crippen LogP contribution in [0.5, 0.6) is 0 Å². The number of hydrogen-bond acceptors (Lipinski definition) is 3. The minimum atomic E-state index is -1.54. The number of ether oxygens (including phenoxy) is 1. The molecule has 104 valence electrons. The molecule has 1 N–H and O–H groups in total. The van der Waals surface area contributed by atoms with Crippen molar-refractivity contribution in [2.45, 2.75) is 33.6 Å². The molecule has 0 spiro atoms. The van der Waals surface area contributed by atoms with Gasteiger partial charge in [-0.3, -0.25) is 9.59 Å². The van der Waals surface area contributed by atoms with Gasteiger partial charge in [0.2, 0.25) is 0 Å². The molecule has 4 nitrogen and oxygen atoms in total. The third-order valence-electron chi connectivity index (χ3n) is 3.19. The van der Waals surface area contributed by atoms with E-state index < -0.39 is 17.4 Å². The van der Waals surface area contributed by atoms with Crippen molar-refractivity contribution in [1.82, 2.24) is 0 Å². The number of rotatable bonds is 6. The number of aryl methyl sites for hydroxylation is 1. The largest absolute Gasteiger partial charge is 0.480 e. The van der Waals surface area contributed by atoms with Gasteiger partial charge < -0.3 is 9.84 Å². The summed E-state index contributed by atoms with van der Waals surface area (Å²) in [4.78, 5) is 23.2. The Hall–Kier alpha value is -1.84. The second kappa shape index (κ2) is 6.36. The molecule has 1 atom stereocenters. The standard InChI is InChI=1S/C15H20O4/c1-4-11-6-8-12(9-7-11)10-15(3,13(16)17)14(18)19-5-2/h6-9H,4-5,10H2,1-3H3,(H,16,17). The number of aliphatic carboxylic acids is 1. The minimum absolute atomic E-state index is 0.130. The van der Waals surface area contributed by atoms with Gasteiger partial charge in [0, 0.05) is 0 Å². The molecule has 0 amide bonds. The molecule has 4 heteroatoms. The summed E-state index contributed by atoms with van der Waals surface area (Å²) in [6, 6.07) is 7.62. The van der Waals surface area contributed by atoms with Crippen molar-refractivity contribution in [3.8, 4) is 0 Å². The van der Waals surface area contributed by atoms with Gasteiger partial charge in [-0.15, -0.1) is 0 Å². The fourth-order valence-electron chi connectivity index (χ4n) is 1.83.